The Hall–Kier alpha value is -2.85. The van der Waals surface area contributed by atoms with Crippen LogP contribution in [0.2, 0.25) is 0 Å². The first-order valence-electron chi connectivity index (χ1n) is 9.12. The lowest BCUT2D eigenvalue weighted by molar-refractivity contribution is 0.0487. The summed E-state index contributed by atoms with van der Waals surface area (Å²) in [5.74, 6) is -0.247. The average Bonchev–Trinajstić information content (AvgIpc) is 3.25. The number of rotatable bonds is 7. The quantitative estimate of drug-likeness (QED) is 0.540. The van der Waals surface area contributed by atoms with E-state index in [2.05, 4.69) is 0 Å². The molecule has 0 N–H and O–H groups in total. The summed E-state index contributed by atoms with van der Waals surface area (Å²) in [5, 5.41) is 0. The largest absolute Gasteiger partial charge is 0.460 e. The number of fused-ring (bicyclic) bond motifs is 1. The van der Waals surface area contributed by atoms with Crippen molar-refractivity contribution in [3.63, 3.8) is 0 Å². The van der Waals surface area contributed by atoms with E-state index in [0.717, 1.165) is 0 Å². The highest BCUT2D eigenvalue weighted by atomic mass is 32.2. The summed E-state index contributed by atoms with van der Waals surface area (Å²) in [4.78, 5) is 23.9. The molecule has 0 spiro atoms. The minimum absolute atomic E-state index is 0.0241. The zero-order chi connectivity index (χ0) is 21.3. The average molecular weight is 421 g/mol. The summed E-state index contributed by atoms with van der Waals surface area (Å²) >= 11 is 0. The van der Waals surface area contributed by atoms with Crippen LogP contribution in [-0.2, 0) is 35.4 Å². The smallest absolute Gasteiger partial charge is 0.374 e. The fourth-order valence-corrected chi connectivity index (χ4v) is 4.55. The Bertz CT molecular complexity index is 1220. The lowest BCUT2D eigenvalue weighted by Gasteiger charge is -2.19. The Labute approximate surface area is 168 Å². The molecule has 9 nitrogen and oxygen atoms in total. The maximum atomic E-state index is 13.2. The van der Waals surface area contributed by atoms with E-state index in [4.69, 9.17) is 9.15 Å². The van der Waals surface area contributed by atoms with Crippen LogP contribution in [0, 0.1) is 0 Å². The molecule has 0 saturated carbocycles. The Morgan fingerprint density at radius 1 is 1.10 bits per heavy atom. The fourth-order valence-electron chi connectivity index (χ4n) is 3.11. The number of hydrogen-bond donors (Lipinski definition) is 0. The van der Waals surface area contributed by atoms with Gasteiger partial charge in [-0.1, -0.05) is 6.92 Å². The van der Waals surface area contributed by atoms with Gasteiger partial charge < -0.3 is 9.15 Å². The molecule has 0 aliphatic rings. The first-order valence-corrected chi connectivity index (χ1v) is 10.6. The van der Waals surface area contributed by atoms with Gasteiger partial charge in [0.25, 0.3) is 0 Å². The molecule has 0 atom stereocenters. The zero-order valence-corrected chi connectivity index (χ0v) is 17.5. The van der Waals surface area contributed by atoms with Crippen LogP contribution in [0.3, 0.4) is 0 Å². The van der Waals surface area contributed by atoms with Crippen molar-refractivity contribution in [1.82, 2.24) is 13.4 Å². The van der Waals surface area contributed by atoms with E-state index in [9.17, 15) is 18.0 Å². The zero-order valence-electron chi connectivity index (χ0n) is 16.7. The van der Waals surface area contributed by atoms with Crippen molar-refractivity contribution in [3.05, 3.63) is 52.3 Å². The highest BCUT2D eigenvalue weighted by molar-refractivity contribution is 7.89. The minimum atomic E-state index is -3.85. The number of nitrogens with zero attached hydrogens (tertiary/aromatic N) is 3. The molecule has 0 amide bonds. The van der Waals surface area contributed by atoms with Gasteiger partial charge in [0.15, 0.2) is 0 Å². The molecule has 0 radical (unpaired) electrons. The van der Waals surface area contributed by atoms with Gasteiger partial charge in [-0.3, -0.25) is 9.13 Å². The number of carbonyl (C=O) groups is 1. The van der Waals surface area contributed by atoms with E-state index in [1.807, 2.05) is 0 Å². The standard InChI is InChI=1S/C19H23N3O6S/c1-5-22(12-13-7-10-17(28-13)18(23)27-6-2)29(25,26)14-8-9-15-16(11-14)21(4)19(24)20(15)3/h7-11H,5-6,12H2,1-4H3. The molecule has 2 heterocycles. The first kappa shape index (κ1) is 20.9. The first-order chi connectivity index (χ1) is 13.7. The molecule has 0 aliphatic carbocycles. The molecular formula is C19H23N3O6S. The second kappa shape index (κ2) is 7.88. The monoisotopic (exact) mass is 421 g/mol. The van der Waals surface area contributed by atoms with Gasteiger partial charge in [0, 0.05) is 20.6 Å². The number of hydrogen-bond acceptors (Lipinski definition) is 6. The topological polar surface area (TPSA) is 104 Å². The van der Waals surface area contributed by atoms with Gasteiger partial charge in [-0.05, 0) is 37.3 Å². The van der Waals surface area contributed by atoms with Gasteiger partial charge in [0.1, 0.15) is 5.76 Å². The van der Waals surface area contributed by atoms with E-state index in [1.165, 1.54) is 31.6 Å². The van der Waals surface area contributed by atoms with E-state index in [-0.39, 0.29) is 36.0 Å². The van der Waals surface area contributed by atoms with Crippen LogP contribution < -0.4 is 5.69 Å². The highest BCUT2D eigenvalue weighted by Gasteiger charge is 2.26. The van der Waals surface area contributed by atoms with Crippen LogP contribution in [0.1, 0.15) is 30.2 Å². The third kappa shape index (κ3) is 3.73. The lowest BCUT2D eigenvalue weighted by atomic mass is 10.3. The molecule has 0 aliphatic heterocycles. The number of furan rings is 1. The second-order valence-corrected chi connectivity index (χ2v) is 8.41. The van der Waals surface area contributed by atoms with Gasteiger partial charge in [-0.15, -0.1) is 0 Å². The Kier molecular flexibility index (Phi) is 5.67. The van der Waals surface area contributed by atoms with E-state index >= 15 is 0 Å². The van der Waals surface area contributed by atoms with Crippen molar-refractivity contribution < 1.29 is 22.4 Å². The van der Waals surface area contributed by atoms with Crippen LogP contribution >= 0.6 is 0 Å². The number of ether oxygens (including phenoxy) is 1. The van der Waals surface area contributed by atoms with Crippen molar-refractivity contribution in [1.29, 1.82) is 0 Å². The van der Waals surface area contributed by atoms with Gasteiger partial charge >= 0.3 is 11.7 Å². The molecule has 29 heavy (non-hydrogen) atoms. The van der Waals surface area contributed by atoms with Crippen molar-refractivity contribution in [2.75, 3.05) is 13.2 Å². The van der Waals surface area contributed by atoms with E-state index < -0.39 is 16.0 Å². The SMILES string of the molecule is CCOC(=O)c1ccc(CN(CC)S(=O)(=O)c2ccc3c(c2)n(C)c(=O)n3C)o1. The van der Waals surface area contributed by atoms with Gasteiger partial charge in [-0.2, -0.15) is 4.31 Å². The predicted octanol–water partition coefficient (Wildman–Crippen LogP) is 1.86. The summed E-state index contributed by atoms with van der Waals surface area (Å²) < 4.78 is 40.7. The molecule has 0 fully saturated rings. The molecule has 2 aromatic heterocycles. The normalized spacial score (nSPS) is 12.0. The maximum Gasteiger partial charge on any atom is 0.374 e. The summed E-state index contributed by atoms with van der Waals surface area (Å²) in [6.07, 6.45) is 0. The third-order valence-electron chi connectivity index (χ3n) is 4.70. The predicted molar refractivity (Wildman–Crippen MR) is 106 cm³/mol. The van der Waals surface area contributed by atoms with Gasteiger partial charge in [0.05, 0.1) is 29.1 Å². The molecular weight excluding hydrogens is 398 g/mol. The van der Waals surface area contributed by atoms with Crippen LogP contribution in [0.15, 0.2) is 44.4 Å². The fraction of sp³-hybridized carbons (Fsp3) is 0.368. The summed E-state index contributed by atoms with van der Waals surface area (Å²) in [5.41, 5.74) is 0.936. The Balaban J connectivity index is 1.93. The number of imidazole rings is 1. The van der Waals surface area contributed by atoms with Crippen molar-refractivity contribution in [2.45, 2.75) is 25.3 Å². The van der Waals surface area contributed by atoms with Crippen molar-refractivity contribution in [2.24, 2.45) is 14.1 Å². The molecule has 0 saturated heterocycles. The van der Waals surface area contributed by atoms with Gasteiger partial charge in [0.2, 0.25) is 15.8 Å². The molecule has 3 rings (SSSR count). The number of sulfonamides is 1. The van der Waals surface area contributed by atoms with Crippen LogP contribution in [0.25, 0.3) is 11.0 Å². The maximum absolute atomic E-state index is 13.2. The molecule has 0 bridgehead atoms. The molecule has 156 valence electrons. The van der Waals surface area contributed by atoms with Crippen LogP contribution in [0.5, 0.6) is 0 Å². The number of aryl methyl sites for hydroxylation is 2. The van der Waals surface area contributed by atoms with Gasteiger partial charge in [-0.25, -0.2) is 18.0 Å². The highest BCUT2D eigenvalue weighted by Crippen LogP contribution is 2.23. The second-order valence-electron chi connectivity index (χ2n) is 6.47. The third-order valence-corrected chi connectivity index (χ3v) is 6.62. The summed E-state index contributed by atoms with van der Waals surface area (Å²) in [7, 11) is -0.620. The molecule has 3 aromatic rings. The Morgan fingerprint density at radius 3 is 2.45 bits per heavy atom. The van der Waals surface area contributed by atoms with Crippen molar-refractivity contribution in [3.8, 4) is 0 Å². The number of benzene rings is 1. The van der Waals surface area contributed by atoms with E-state index in [1.54, 1.807) is 40.1 Å². The molecule has 0 unspecified atom stereocenters. The summed E-state index contributed by atoms with van der Waals surface area (Å²) in [6, 6.07) is 7.59. The lowest BCUT2D eigenvalue weighted by Crippen LogP contribution is -2.30. The molecule has 1 aromatic carbocycles. The van der Waals surface area contributed by atoms with Crippen LogP contribution in [-0.4, -0.2) is 41.0 Å². The molecule has 10 heteroatoms. The van der Waals surface area contributed by atoms with Crippen LogP contribution in [0.4, 0.5) is 0 Å². The number of esters is 1. The number of aromatic nitrogens is 2. The minimum Gasteiger partial charge on any atom is -0.460 e. The van der Waals surface area contributed by atoms with E-state index in [0.29, 0.717) is 16.8 Å². The Morgan fingerprint density at radius 2 is 1.79 bits per heavy atom. The summed E-state index contributed by atoms with van der Waals surface area (Å²) in [6.45, 7) is 3.78. The van der Waals surface area contributed by atoms with Crippen molar-refractivity contribution >= 4 is 27.0 Å². The number of carbonyl (C=O) groups excluding carboxylic acids is 1.